The minimum absolute atomic E-state index is 0.168. The van der Waals surface area contributed by atoms with Gasteiger partial charge in [-0.15, -0.1) is 0 Å². The Balaban J connectivity index is 2.01. The first-order valence-electron chi connectivity index (χ1n) is 7.55. The summed E-state index contributed by atoms with van der Waals surface area (Å²) in [6.07, 6.45) is 2.40. The second-order valence-electron chi connectivity index (χ2n) is 6.46. The van der Waals surface area contributed by atoms with Crippen LogP contribution in [0.3, 0.4) is 0 Å². The first kappa shape index (κ1) is 15.8. The van der Waals surface area contributed by atoms with E-state index in [4.69, 9.17) is 4.74 Å². The zero-order chi connectivity index (χ0) is 15.6. The lowest BCUT2D eigenvalue weighted by atomic mass is 9.94. The third kappa shape index (κ3) is 4.21. The van der Waals surface area contributed by atoms with Crippen molar-refractivity contribution in [1.29, 1.82) is 0 Å². The second-order valence-corrected chi connectivity index (χ2v) is 6.46. The van der Waals surface area contributed by atoms with Crippen LogP contribution in [0.15, 0.2) is 18.2 Å². The zero-order valence-corrected chi connectivity index (χ0v) is 13.3. The number of nitrogens with one attached hydrogen (secondary N) is 1. The van der Waals surface area contributed by atoms with Gasteiger partial charge in [-0.1, -0.05) is 17.7 Å². The van der Waals surface area contributed by atoms with Crippen LogP contribution in [0.1, 0.15) is 44.2 Å². The molecule has 2 rings (SSSR count). The van der Waals surface area contributed by atoms with Gasteiger partial charge in [-0.25, -0.2) is 0 Å². The third-order valence-electron chi connectivity index (χ3n) is 3.93. The van der Waals surface area contributed by atoms with Crippen molar-refractivity contribution in [1.82, 2.24) is 5.32 Å². The van der Waals surface area contributed by atoms with Gasteiger partial charge in [-0.3, -0.25) is 10.1 Å². The summed E-state index contributed by atoms with van der Waals surface area (Å²) < 4.78 is 5.94. The summed E-state index contributed by atoms with van der Waals surface area (Å²) >= 11 is 0. The van der Waals surface area contributed by atoms with Gasteiger partial charge in [0.05, 0.1) is 6.10 Å². The smallest absolute Gasteiger partial charge is 0.323 e. The molecule has 0 radical (unpaired) electrons. The van der Waals surface area contributed by atoms with E-state index in [-0.39, 0.29) is 6.10 Å². The van der Waals surface area contributed by atoms with Crippen LogP contribution in [0.2, 0.25) is 0 Å². The molecule has 0 bridgehead atoms. The number of hydrogen-bond acceptors (Lipinski definition) is 3. The Morgan fingerprint density at radius 2 is 2.14 bits per heavy atom. The number of rotatable bonds is 7. The molecule has 2 N–H and O–H groups in total. The summed E-state index contributed by atoms with van der Waals surface area (Å²) in [5.41, 5.74) is 1.34. The molecule has 2 atom stereocenters. The van der Waals surface area contributed by atoms with Crippen molar-refractivity contribution in [3.63, 3.8) is 0 Å². The fourth-order valence-electron chi connectivity index (χ4n) is 2.65. The molecule has 1 aliphatic carbocycles. The van der Waals surface area contributed by atoms with E-state index in [9.17, 15) is 9.90 Å². The highest BCUT2D eigenvalue weighted by atomic mass is 16.5. The molecule has 1 fully saturated rings. The number of aliphatic carboxylic acids is 1. The Hall–Kier alpha value is -1.55. The van der Waals surface area contributed by atoms with Crippen molar-refractivity contribution in [2.75, 3.05) is 0 Å². The third-order valence-corrected chi connectivity index (χ3v) is 3.93. The molecule has 116 valence electrons. The molecule has 21 heavy (non-hydrogen) atoms. The Morgan fingerprint density at radius 1 is 1.48 bits per heavy atom. The van der Waals surface area contributed by atoms with Gasteiger partial charge in [0.1, 0.15) is 11.3 Å². The summed E-state index contributed by atoms with van der Waals surface area (Å²) in [6, 6.07) is 6.38. The lowest BCUT2D eigenvalue weighted by Crippen LogP contribution is -2.52. The van der Waals surface area contributed by atoms with E-state index in [1.807, 2.05) is 32.9 Å². The maximum absolute atomic E-state index is 11.6. The minimum Gasteiger partial charge on any atom is -0.490 e. The standard InChI is InChI=1S/C17H25NO3/c1-11-5-8-15(12(2)9-11)21-13(3)10-17(4,16(19)20)18-14-6-7-14/h5,8-9,13-14,18H,6-7,10H2,1-4H3,(H,19,20). The van der Waals surface area contributed by atoms with Gasteiger partial charge in [0.2, 0.25) is 0 Å². The highest BCUT2D eigenvalue weighted by Crippen LogP contribution is 2.27. The number of ether oxygens (including phenoxy) is 1. The number of benzene rings is 1. The molecule has 1 saturated carbocycles. The number of carboxylic acids is 1. The maximum Gasteiger partial charge on any atom is 0.323 e. The van der Waals surface area contributed by atoms with E-state index in [2.05, 4.69) is 11.4 Å². The zero-order valence-electron chi connectivity index (χ0n) is 13.3. The summed E-state index contributed by atoms with van der Waals surface area (Å²) in [4.78, 5) is 11.6. The van der Waals surface area contributed by atoms with Gasteiger partial charge in [0.15, 0.2) is 0 Å². The van der Waals surface area contributed by atoms with Crippen LogP contribution in [0, 0.1) is 13.8 Å². The molecule has 1 aliphatic rings. The highest BCUT2D eigenvalue weighted by Gasteiger charge is 2.40. The molecular weight excluding hydrogens is 266 g/mol. The van der Waals surface area contributed by atoms with Crippen molar-refractivity contribution in [2.24, 2.45) is 0 Å². The molecule has 2 unspecified atom stereocenters. The number of carboxylic acid groups (broad SMARTS) is 1. The molecule has 4 heteroatoms. The van der Waals surface area contributed by atoms with Crippen LogP contribution >= 0.6 is 0 Å². The van der Waals surface area contributed by atoms with E-state index in [1.54, 1.807) is 6.92 Å². The average Bonchev–Trinajstić information content (AvgIpc) is 3.16. The summed E-state index contributed by atoms with van der Waals surface area (Å²) in [7, 11) is 0. The second kappa shape index (κ2) is 6.06. The quantitative estimate of drug-likeness (QED) is 0.810. The molecule has 1 aromatic rings. The largest absolute Gasteiger partial charge is 0.490 e. The first-order valence-corrected chi connectivity index (χ1v) is 7.55. The maximum atomic E-state index is 11.6. The van der Waals surface area contributed by atoms with E-state index in [0.29, 0.717) is 12.5 Å². The molecule has 4 nitrogen and oxygen atoms in total. The molecule has 1 aromatic carbocycles. The van der Waals surface area contributed by atoms with Crippen LogP contribution < -0.4 is 10.1 Å². The van der Waals surface area contributed by atoms with E-state index in [0.717, 1.165) is 24.2 Å². The van der Waals surface area contributed by atoms with Crippen LogP contribution in [-0.2, 0) is 4.79 Å². The fraction of sp³-hybridized carbons (Fsp3) is 0.588. The summed E-state index contributed by atoms with van der Waals surface area (Å²) in [6.45, 7) is 7.72. The van der Waals surface area contributed by atoms with Gasteiger partial charge in [-0.2, -0.15) is 0 Å². The predicted octanol–water partition coefficient (Wildman–Crippen LogP) is 3.06. The van der Waals surface area contributed by atoms with Crippen LogP contribution in [0.4, 0.5) is 0 Å². The summed E-state index contributed by atoms with van der Waals surface area (Å²) in [5, 5.41) is 12.7. The van der Waals surface area contributed by atoms with Crippen LogP contribution in [-0.4, -0.2) is 28.8 Å². The van der Waals surface area contributed by atoms with Gasteiger partial charge in [-0.05, 0) is 52.2 Å². The van der Waals surface area contributed by atoms with Crippen LogP contribution in [0.5, 0.6) is 5.75 Å². The van der Waals surface area contributed by atoms with Crippen molar-refractivity contribution in [2.45, 2.75) is 64.6 Å². The Labute approximate surface area is 126 Å². The molecule has 0 saturated heterocycles. The fourth-order valence-corrected chi connectivity index (χ4v) is 2.65. The molecule has 0 spiro atoms. The van der Waals surface area contributed by atoms with Crippen molar-refractivity contribution in [3.05, 3.63) is 29.3 Å². The molecule has 0 heterocycles. The van der Waals surface area contributed by atoms with Crippen molar-refractivity contribution < 1.29 is 14.6 Å². The van der Waals surface area contributed by atoms with Gasteiger partial charge >= 0.3 is 5.97 Å². The highest BCUT2D eigenvalue weighted by molar-refractivity contribution is 5.78. The average molecular weight is 291 g/mol. The lowest BCUT2D eigenvalue weighted by Gasteiger charge is -2.30. The number of carbonyl (C=O) groups is 1. The van der Waals surface area contributed by atoms with E-state index < -0.39 is 11.5 Å². The van der Waals surface area contributed by atoms with E-state index >= 15 is 0 Å². The normalized spacial score (nSPS) is 18.9. The molecular formula is C17H25NO3. The molecule has 0 aliphatic heterocycles. The van der Waals surface area contributed by atoms with Gasteiger partial charge < -0.3 is 9.84 Å². The predicted molar refractivity (Wildman–Crippen MR) is 82.8 cm³/mol. The minimum atomic E-state index is -0.931. The van der Waals surface area contributed by atoms with E-state index in [1.165, 1.54) is 5.56 Å². The van der Waals surface area contributed by atoms with Crippen molar-refractivity contribution in [3.8, 4) is 5.75 Å². The number of aryl methyl sites for hydroxylation is 2. The topological polar surface area (TPSA) is 58.6 Å². The first-order chi connectivity index (χ1) is 9.80. The lowest BCUT2D eigenvalue weighted by molar-refractivity contribution is -0.145. The summed E-state index contributed by atoms with van der Waals surface area (Å²) in [5.74, 6) is 0.0118. The molecule has 0 aromatic heterocycles. The Morgan fingerprint density at radius 3 is 2.67 bits per heavy atom. The number of hydrogen-bond donors (Lipinski definition) is 2. The Kier molecular flexibility index (Phi) is 4.57. The van der Waals surface area contributed by atoms with Gasteiger partial charge in [0.25, 0.3) is 0 Å². The monoisotopic (exact) mass is 291 g/mol. The van der Waals surface area contributed by atoms with Crippen molar-refractivity contribution >= 4 is 5.97 Å². The van der Waals surface area contributed by atoms with Gasteiger partial charge in [0, 0.05) is 12.5 Å². The Bertz CT molecular complexity index is 525. The van der Waals surface area contributed by atoms with Crippen LogP contribution in [0.25, 0.3) is 0 Å². The molecule has 0 amide bonds. The SMILES string of the molecule is Cc1ccc(OC(C)CC(C)(NC2CC2)C(=O)O)c(C)c1.